The Morgan fingerprint density at radius 1 is 1.15 bits per heavy atom. The number of ketones is 1. The van der Waals surface area contributed by atoms with Crippen LogP contribution in [0, 0.1) is 34.5 Å². The summed E-state index contributed by atoms with van der Waals surface area (Å²) in [7, 11) is 0. The van der Waals surface area contributed by atoms with Crippen LogP contribution < -0.4 is 0 Å². The molecule has 0 aromatic carbocycles. The molecule has 40 heavy (non-hydrogen) atoms. The fourth-order valence-electron chi connectivity index (χ4n) is 9.56. The predicted molar refractivity (Wildman–Crippen MR) is 147 cm³/mol. The number of hydrogen-bond acceptors (Lipinski definition) is 8. The first-order chi connectivity index (χ1) is 18.4. The van der Waals surface area contributed by atoms with Crippen LogP contribution in [0.25, 0.3) is 0 Å². The van der Waals surface area contributed by atoms with Crippen LogP contribution in [-0.2, 0) is 28.6 Å². The minimum Gasteiger partial charge on any atom is -0.462 e. The molecule has 0 aromatic rings. The number of ether oxygens (including phenoxy) is 3. The van der Waals surface area contributed by atoms with Gasteiger partial charge in [-0.3, -0.25) is 14.4 Å². The molecule has 1 spiro atoms. The van der Waals surface area contributed by atoms with Crippen LogP contribution in [0.4, 0.5) is 0 Å². The van der Waals surface area contributed by atoms with Crippen molar-refractivity contribution in [3.63, 3.8) is 0 Å². The summed E-state index contributed by atoms with van der Waals surface area (Å²) in [4.78, 5) is 36.5. The van der Waals surface area contributed by atoms with Gasteiger partial charge in [-0.05, 0) is 64.0 Å². The van der Waals surface area contributed by atoms with Crippen LogP contribution in [0.3, 0.4) is 0 Å². The maximum atomic E-state index is 12.3. The normalized spacial score (nSPS) is 45.4. The molecule has 8 heteroatoms. The van der Waals surface area contributed by atoms with Crippen molar-refractivity contribution in [2.24, 2.45) is 34.5 Å². The highest BCUT2D eigenvalue weighted by atomic mass is 16.6. The molecule has 0 unspecified atom stereocenters. The van der Waals surface area contributed by atoms with Crippen molar-refractivity contribution in [1.29, 1.82) is 0 Å². The van der Waals surface area contributed by atoms with Gasteiger partial charge in [0.25, 0.3) is 0 Å². The van der Waals surface area contributed by atoms with E-state index in [0.717, 1.165) is 18.4 Å². The van der Waals surface area contributed by atoms with E-state index in [1.165, 1.54) is 13.8 Å². The van der Waals surface area contributed by atoms with Crippen molar-refractivity contribution < 1.29 is 38.8 Å². The third kappa shape index (κ3) is 3.99. The molecular weight excluding hydrogens is 512 g/mol. The van der Waals surface area contributed by atoms with Gasteiger partial charge in [-0.1, -0.05) is 32.4 Å². The van der Waals surface area contributed by atoms with Crippen LogP contribution in [0.15, 0.2) is 23.8 Å². The fourth-order valence-corrected chi connectivity index (χ4v) is 9.56. The molecule has 0 amide bonds. The summed E-state index contributed by atoms with van der Waals surface area (Å²) >= 11 is 0. The number of allylic oxidation sites excluding steroid dienone is 3. The van der Waals surface area contributed by atoms with Crippen molar-refractivity contribution in [1.82, 2.24) is 0 Å². The molecule has 3 saturated carbocycles. The fraction of sp³-hybridized carbons (Fsp3) is 0.781. The lowest BCUT2D eigenvalue weighted by Gasteiger charge is -2.66. The average molecular weight is 559 g/mol. The highest BCUT2D eigenvalue weighted by Gasteiger charge is 2.76. The number of hydrogen-bond donors (Lipinski definition) is 2. The minimum absolute atomic E-state index is 0.00853. The van der Waals surface area contributed by atoms with Gasteiger partial charge in [0.2, 0.25) is 0 Å². The predicted octanol–water partition coefficient (Wildman–Crippen LogP) is 4.06. The van der Waals surface area contributed by atoms with E-state index in [4.69, 9.17) is 14.2 Å². The van der Waals surface area contributed by atoms with Crippen molar-refractivity contribution in [2.75, 3.05) is 0 Å². The summed E-state index contributed by atoms with van der Waals surface area (Å²) in [5.41, 5.74) is -2.90. The monoisotopic (exact) mass is 558 g/mol. The Hall–Kier alpha value is -2.03. The number of rotatable bonds is 5. The molecule has 0 radical (unpaired) electrons. The first-order valence-corrected chi connectivity index (χ1v) is 14.8. The Labute approximate surface area is 237 Å². The second-order valence-electron chi connectivity index (χ2n) is 14.4. The Kier molecular flexibility index (Phi) is 6.80. The molecule has 11 atom stereocenters. The summed E-state index contributed by atoms with van der Waals surface area (Å²) in [6.45, 7) is 14.3. The molecule has 2 N–H and O–H groups in total. The summed E-state index contributed by atoms with van der Waals surface area (Å²) in [6, 6.07) is 0. The van der Waals surface area contributed by atoms with Gasteiger partial charge in [-0.2, -0.15) is 0 Å². The number of aliphatic hydroxyl groups excluding tert-OH is 1. The van der Waals surface area contributed by atoms with Crippen molar-refractivity contribution >= 4 is 17.7 Å². The van der Waals surface area contributed by atoms with E-state index in [0.29, 0.717) is 19.3 Å². The Morgan fingerprint density at radius 2 is 1.82 bits per heavy atom. The Balaban J connectivity index is 1.47. The molecular formula is C32H46O8. The first-order valence-electron chi connectivity index (χ1n) is 14.8. The van der Waals surface area contributed by atoms with Gasteiger partial charge in [0.05, 0.1) is 17.8 Å². The largest absolute Gasteiger partial charge is 0.462 e. The first kappa shape index (κ1) is 29.5. The number of carbonyl (C=O) groups is 3. The van der Waals surface area contributed by atoms with E-state index in [9.17, 15) is 24.6 Å². The maximum Gasteiger partial charge on any atom is 0.303 e. The quantitative estimate of drug-likeness (QED) is 0.485. The van der Waals surface area contributed by atoms with Gasteiger partial charge in [0.1, 0.15) is 17.3 Å². The van der Waals surface area contributed by atoms with E-state index < -0.39 is 28.9 Å². The van der Waals surface area contributed by atoms with Gasteiger partial charge in [-0.15, -0.1) is 0 Å². The zero-order valence-electron chi connectivity index (χ0n) is 25.2. The summed E-state index contributed by atoms with van der Waals surface area (Å²) in [5, 5.41) is 22.6. The molecule has 5 aliphatic rings. The van der Waals surface area contributed by atoms with Crippen LogP contribution in [-0.4, -0.2) is 63.0 Å². The molecule has 1 heterocycles. The third-order valence-corrected chi connectivity index (χ3v) is 12.0. The maximum absolute atomic E-state index is 12.3. The van der Waals surface area contributed by atoms with Crippen LogP contribution in [0.1, 0.15) is 87.5 Å². The highest BCUT2D eigenvalue weighted by Crippen LogP contribution is 2.72. The van der Waals surface area contributed by atoms with Crippen LogP contribution in [0.2, 0.25) is 0 Å². The molecule has 8 nitrogen and oxygen atoms in total. The zero-order valence-corrected chi connectivity index (χ0v) is 25.2. The van der Waals surface area contributed by atoms with Gasteiger partial charge in [0.15, 0.2) is 5.78 Å². The zero-order chi connectivity index (χ0) is 29.6. The van der Waals surface area contributed by atoms with Gasteiger partial charge in [-0.25, -0.2) is 0 Å². The lowest BCUT2D eigenvalue weighted by atomic mass is 9.45. The molecule has 4 fully saturated rings. The molecule has 0 bridgehead atoms. The lowest BCUT2D eigenvalue weighted by Crippen LogP contribution is -2.72. The molecule has 4 aliphatic carbocycles. The topological polar surface area (TPSA) is 119 Å². The second-order valence-corrected chi connectivity index (χ2v) is 14.4. The minimum atomic E-state index is -1.29. The summed E-state index contributed by atoms with van der Waals surface area (Å²) in [6.07, 6.45) is 7.07. The number of aliphatic hydroxyl groups is 2. The van der Waals surface area contributed by atoms with Crippen molar-refractivity contribution in [2.45, 2.75) is 123 Å². The highest BCUT2D eigenvalue weighted by molar-refractivity contribution is 6.01. The van der Waals surface area contributed by atoms with Gasteiger partial charge in [0, 0.05) is 49.4 Å². The van der Waals surface area contributed by atoms with Crippen LogP contribution >= 0.6 is 0 Å². The lowest BCUT2D eigenvalue weighted by molar-refractivity contribution is -0.344. The van der Waals surface area contributed by atoms with E-state index >= 15 is 0 Å². The third-order valence-electron chi connectivity index (χ3n) is 12.0. The number of fused-ring (bicyclic) bond motifs is 6. The van der Waals surface area contributed by atoms with E-state index in [2.05, 4.69) is 20.8 Å². The van der Waals surface area contributed by atoms with Crippen LogP contribution in [0.5, 0.6) is 0 Å². The number of esters is 2. The molecule has 1 aliphatic heterocycles. The van der Waals surface area contributed by atoms with Crippen molar-refractivity contribution in [3.05, 3.63) is 23.8 Å². The number of carbonyl (C=O) groups excluding carboxylic acids is 3. The smallest absolute Gasteiger partial charge is 0.303 e. The Morgan fingerprint density at radius 3 is 2.40 bits per heavy atom. The standard InChI is InChI=1S/C32H46O8/c1-17-25(16-31(8,28(4,5)37)39-19(3)34)40-32(17)26(36)15-23-27-22(10-12-30(23,32)7)29(6)11-9-21(35)13-20(29)14-24(27)38-18(2)33/h9,11,13,17,22-27,36-37H,10,12,14-16H2,1-8H3/t17-,22+,23+,24-,25+,26+,27-,29+,30+,31-,32-/m1/s1. The molecule has 222 valence electrons. The molecule has 0 aromatic heterocycles. The summed E-state index contributed by atoms with van der Waals surface area (Å²) in [5.74, 6) is -0.669. The summed E-state index contributed by atoms with van der Waals surface area (Å²) < 4.78 is 18.4. The Bertz CT molecular complexity index is 1170. The van der Waals surface area contributed by atoms with E-state index in [1.54, 1.807) is 32.9 Å². The molecule has 5 rings (SSSR count). The second kappa shape index (κ2) is 9.23. The van der Waals surface area contributed by atoms with Gasteiger partial charge < -0.3 is 24.4 Å². The average Bonchev–Trinajstić information content (AvgIpc) is 3.06. The molecule has 1 saturated heterocycles. The van der Waals surface area contributed by atoms with Crippen molar-refractivity contribution in [3.8, 4) is 0 Å². The SMILES string of the molecule is CC(=O)O[C@@H]1CC2=CC(=O)C=C[C@]2(C)[C@H]2CC[C@@]3(C)[C@@H](C[C@H](O)[C@@]34O[C@@H](C[C@@](C)(OC(C)=O)C(C)(C)O)[C@H]4C)[C@H]12. The van der Waals surface area contributed by atoms with E-state index in [1.807, 2.05) is 6.08 Å². The van der Waals surface area contributed by atoms with Gasteiger partial charge >= 0.3 is 11.9 Å². The van der Waals surface area contributed by atoms with E-state index in [-0.39, 0.29) is 58.5 Å².